The lowest BCUT2D eigenvalue weighted by molar-refractivity contribution is -0.125. The molecular weight excluding hydrogens is 430 g/mol. The van der Waals surface area contributed by atoms with Crippen LogP contribution in [0.1, 0.15) is 46.5 Å². The lowest BCUT2D eigenvalue weighted by Gasteiger charge is -2.39. The molecule has 0 bridgehead atoms. The van der Waals surface area contributed by atoms with Crippen molar-refractivity contribution in [1.29, 1.82) is 0 Å². The Hall–Kier alpha value is -2.48. The maximum absolute atomic E-state index is 14.3. The number of amides is 1. The predicted molar refractivity (Wildman–Crippen MR) is 122 cm³/mol. The summed E-state index contributed by atoms with van der Waals surface area (Å²) in [5.41, 5.74) is 1.49. The number of thioether (sulfide) groups is 1. The maximum Gasteiger partial charge on any atom is 0.237 e. The van der Waals surface area contributed by atoms with Crippen LogP contribution in [0.4, 0.5) is 8.78 Å². The minimum absolute atomic E-state index is 0.00460. The third-order valence-corrected chi connectivity index (χ3v) is 7.65. The summed E-state index contributed by atoms with van der Waals surface area (Å²) < 4.78 is 28.9. The Balaban J connectivity index is 1.52. The first-order valence-corrected chi connectivity index (χ1v) is 11.9. The monoisotopic (exact) mass is 458 g/mol. The zero-order chi connectivity index (χ0) is 22.9. The number of carbonyl (C=O) groups excluding carboxylic acids is 1. The van der Waals surface area contributed by atoms with E-state index in [2.05, 4.69) is 47.6 Å². The highest BCUT2D eigenvalue weighted by Gasteiger charge is 2.47. The molecule has 1 aromatic carbocycles. The number of carbonyl (C=O) groups is 1. The van der Waals surface area contributed by atoms with Crippen molar-refractivity contribution in [2.75, 3.05) is 0 Å². The number of nitrogens with zero attached hydrogens (tertiary/aromatic N) is 3. The van der Waals surface area contributed by atoms with E-state index in [1.807, 2.05) is 6.92 Å². The molecule has 32 heavy (non-hydrogen) atoms. The highest BCUT2D eigenvalue weighted by atomic mass is 32.2. The summed E-state index contributed by atoms with van der Waals surface area (Å²) in [7, 11) is 0. The van der Waals surface area contributed by atoms with Gasteiger partial charge in [-0.25, -0.2) is 8.78 Å². The number of benzene rings is 1. The molecule has 1 atom stereocenters. The SMILES string of the molecule is CCn1c(SC2(C(=O)NC3C=CC(C(C)C)=CC3)CCC2)nnc1-c1ccc(F)cc1F. The van der Waals surface area contributed by atoms with Crippen LogP contribution in [0.15, 0.2) is 47.2 Å². The van der Waals surface area contributed by atoms with Crippen LogP contribution >= 0.6 is 11.8 Å². The first-order chi connectivity index (χ1) is 15.3. The molecule has 1 heterocycles. The molecule has 2 aromatic rings. The van der Waals surface area contributed by atoms with Crippen LogP contribution in [0.2, 0.25) is 0 Å². The molecule has 0 aliphatic heterocycles. The van der Waals surface area contributed by atoms with Gasteiger partial charge in [-0.15, -0.1) is 10.2 Å². The van der Waals surface area contributed by atoms with Crippen LogP contribution in [0.5, 0.6) is 0 Å². The van der Waals surface area contributed by atoms with Gasteiger partial charge in [-0.3, -0.25) is 4.79 Å². The van der Waals surface area contributed by atoms with Crippen LogP contribution in [-0.2, 0) is 11.3 Å². The van der Waals surface area contributed by atoms with Crippen molar-refractivity contribution in [2.24, 2.45) is 5.92 Å². The summed E-state index contributed by atoms with van der Waals surface area (Å²) in [5, 5.41) is 12.2. The fraction of sp³-hybridized carbons (Fsp3) is 0.458. The quantitative estimate of drug-likeness (QED) is 0.613. The second-order valence-corrected chi connectivity index (χ2v) is 10.0. The Morgan fingerprint density at radius 3 is 2.66 bits per heavy atom. The van der Waals surface area contributed by atoms with E-state index in [0.29, 0.717) is 23.4 Å². The van der Waals surface area contributed by atoms with Gasteiger partial charge in [0.15, 0.2) is 11.0 Å². The molecule has 0 radical (unpaired) electrons. The highest BCUT2D eigenvalue weighted by molar-refractivity contribution is 8.01. The van der Waals surface area contributed by atoms with Gasteiger partial charge in [0.25, 0.3) is 0 Å². The second-order valence-electron chi connectivity index (χ2n) is 8.66. The summed E-state index contributed by atoms with van der Waals surface area (Å²) in [4.78, 5) is 13.3. The van der Waals surface area contributed by atoms with Gasteiger partial charge in [-0.1, -0.05) is 43.8 Å². The van der Waals surface area contributed by atoms with E-state index in [0.717, 1.165) is 31.7 Å². The van der Waals surface area contributed by atoms with Crippen LogP contribution in [0, 0.1) is 17.6 Å². The Morgan fingerprint density at radius 1 is 1.31 bits per heavy atom. The minimum atomic E-state index is -0.683. The standard InChI is InChI=1S/C24H28F2N4OS/c1-4-30-21(19-11-8-17(25)14-20(19)26)28-29-23(30)32-24(12-5-13-24)22(31)27-18-9-6-16(7-10-18)15(2)3/h6-9,11,14-15,18H,4-5,10,12-13H2,1-3H3,(H,27,31). The Kier molecular flexibility index (Phi) is 6.51. The van der Waals surface area contributed by atoms with Crippen LogP contribution < -0.4 is 5.32 Å². The van der Waals surface area contributed by atoms with E-state index in [-0.39, 0.29) is 17.5 Å². The van der Waals surface area contributed by atoms with E-state index in [1.54, 1.807) is 4.57 Å². The third kappa shape index (κ3) is 4.37. The minimum Gasteiger partial charge on any atom is -0.348 e. The molecule has 5 nitrogen and oxygen atoms in total. The number of allylic oxidation sites excluding steroid dienone is 2. The second kappa shape index (κ2) is 9.17. The molecule has 0 saturated heterocycles. The molecule has 1 fully saturated rings. The van der Waals surface area contributed by atoms with Crippen LogP contribution in [0.3, 0.4) is 0 Å². The fourth-order valence-corrected chi connectivity index (χ4v) is 5.44. The van der Waals surface area contributed by atoms with E-state index >= 15 is 0 Å². The van der Waals surface area contributed by atoms with Gasteiger partial charge >= 0.3 is 0 Å². The number of hydrogen-bond acceptors (Lipinski definition) is 4. The summed E-state index contributed by atoms with van der Waals surface area (Å²) in [6.45, 7) is 6.74. The summed E-state index contributed by atoms with van der Waals surface area (Å²) in [6.07, 6.45) is 9.61. The van der Waals surface area contributed by atoms with Gasteiger partial charge < -0.3 is 9.88 Å². The first kappa shape index (κ1) is 22.7. The van der Waals surface area contributed by atoms with Crippen LogP contribution in [0.25, 0.3) is 11.4 Å². The average Bonchev–Trinajstić information content (AvgIpc) is 3.13. The molecule has 2 aliphatic rings. The first-order valence-electron chi connectivity index (χ1n) is 11.1. The number of hydrogen-bond donors (Lipinski definition) is 1. The van der Waals surface area contributed by atoms with Crippen molar-refractivity contribution in [3.05, 3.63) is 53.6 Å². The van der Waals surface area contributed by atoms with Crippen molar-refractivity contribution in [1.82, 2.24) is 20.1 Å². The molecular formula is C24H28F2N4OS. The molecule has 1 unspecified atom stereocenters. The zero-order valence-corrected chi connectivity index (χ0v) is 19.4. The Morgan fingerprint density at radius 2 is 2.09 bits per heavy atom. The molecule has 1 N–H and O–H groups in total. The Bertz CT molecular complexity index is 1070. The van der Waals surface area contributed by atoms with E-state index in [9.17, 15) is 13.6 Å². The van der Waals surface area contributed by atoms with Crippen molar-refractivity contribution < 1.29 is 13.6 Å². The molecule has 0 spiro atoms. The van der Waals surface area contributed by atoms with Crippen molar-refractivity contribution in [3.8, 4) is 11.4 Å². The molecule has 1 saturated carbocycles. The van der Waals surface area contributed by atoms with Gasteiger partial charge in [-0.2, -0.15) is 0 Å². The molecule has 2 aliphatic carbocycles. The van der Waals surface area contributed by atoms with Gasteiger partial charge in [0.2, 0.25) is 5.91 Å². The zero-order valence-electron chi connectivity index (χ0n) is 18.6. The lowest BCUT2D eigenvalue weighted by atomic mass is 9.83. The van der Waals surface area contributed by atoms with Crippen molar-refractivity contribution in [2.45, 2.75) is 68.9 Å². The van der Waals surface area contributed by atoms with Gasteiger partial charge in [0, 0.05) is 12.6 Å². The van der Waals surface area contributed by atoms with Crippen molar-refractivity contribution >= 4 is 17.7 Å². The van der Waals surface area contributed by atoms with Gasteiger partial charge in [0.05, 0.1) is 11.6 Å². The summed E-state index contributed by atoms with van der Waals surface area (Å²) in [6, 6.07) is 3.40. The Labute approximate surface area is 191 Å². The summed E-state index contributed by atoms with van der Waals surface area (Å²) >= 11 is 1.40. The highest BCUT2D eigenvalue weighted by Crippen LogP contribution is 2.48. The summed E-state index contributed by atoms with van der Waals surface area (Å²) in [5.74, 6) is -0.510. The van der Waals surface area contributed by atoms with E-state index in [1.165, 1.54) is 29.5 Å². The molecule has 1 aromatic heterocycles. The maximum atomic E-state index is 14.3. The topological polar surface area (TPSA) is 59.8 Å². The fourth-order valence-electron chi connectivity index (χ4n) is 4.04. The normalized spacial score (nSPS) is 19.6. The smallest absolute Gasteiger partial charge is 0.237 e. The molecule has 8 heteroatoms. The van der Waals surface area contributed by atoms with E-state index in [4.69, 9.17) is 0 Å². The molecule has 1 amide bonds. The number of nitrogens with one attached hydrogen (secondary N) is 1. The third-order valence-electron chi connectivity index (χ3n) is 6.18. The van der Waals surface area contributed by atoms with E-state index < -0.39 is 16.4 Å². The predicted octanol–water partition coefficient (Wildman–Crippen LogP) is 5.29. The molecule has 4 rings (SSSR count). The molecule has 170 valence electrons. The number of rotatable bonds is 7. The van der Waals surface area contributed by atoms with Gasteiger partial charge in [-0.05, 0) is 56.2 Å². The largest absolute Gasteiger partial charge is 0.348 e. The van der Waals surface area contributed by atoms with Crippen molar-refractivity contribution in [3.63, 3.8) is 0 Å². The number of aromatic nitrogens is 3. The van der Waals surface area contributed by atoms with Gasteiger partial charge in [0.1, 0.15) is 16.4 Å². The lowest BCUT2D eigenvalue weighted by Crippen LogP contribution is -2.52. The number of halogens is 2. The average molecular weight is 459 g/mol. The van der Waals surface area contributed by atoms with Crippen LogP contribution in [-0.4, -0.2) is 31.5 Å².